The van der Waals surface area contributed by atoms with Crippen LogP contribution >= 0.6 is 0 Å². The van der Waals surface area contributed by atoms with Gasteiger partial charge in [0, 0.05) is 17.5 Å². The molecule has 0 saturated heterocycles. The van der Waals surface area contributed by atoms with Crippen molar-refractivity contribution in [1.82, 2.24) is 0 Å². The van der Waals surface area contributed by atoms with Crippen LogP contribution in [0.1, 0.15) is 15.9 Å². The molecule has 2 aromatic carbocycles. The van der Waals surface area contributed by atoms with E-state index in [1.165, 1.54) is 31.4 Å². The number of rotatable bonds is 3. The molecule has 0 spiro atoms. The van der Waals surface area contributed by atoms with Gasteiger partial charge in [-0.2, -0.15) is 13.2 Å². The van der Waals surface area contributed by atoms with Gasteiger partial charge in [0.15, 0.2) is 0 Å². The van der Waals surface area contributed by atoms with E-state index in [9.17, 15) is 22.8 Å². The van der Waals surface area contributed by atoms with Gasteiger partial charge in [0.05, 0.1) is 23.9 Å². The second-order valence-electron chi connectivity index (χ2n) is 5.34. The van der Waals surface area contributed by atoms with Gasteiger partial charge in [-0.1, -0.05) is 12.1 Å². The second kappa shape index (κ2) is 6.55. The lowest BCUT2D eigenvalue weighted by Gasteiger charge is -2.14. The number of nitrogens with one attached hydrogen (secondary N) is 1. The zero-order valence-electron chi connectivity index (χ0n) is 13.4. The molecule has 0 atom stereocenters. The highest BCUT2D eigenvalue weighted by Gasteiger charge is 2.33. The van der Waals surface area contributed by atoms with Gasteiger partial charge >= 0.3 is 11.8 Å². The number of halogens is 3. The van der Waals surface area contributed by atoms with Crippen molar-refractivity contribution in [1.29, 1.82) is 0 Å². The van der Waals surface area contributed by atoms with E-state index >= 15 is 0 Å². The summed E-state index contributed by atoms with van der Waals surface area (Å²) in [6.45, 7) is 0. The summed E-state index contributed by atoms with van der Waals surface area (Å²) in [6.07, 6.45) is -4.63. The quantitative estimate of drug-likeness (QED) is 0.712. The number of benzene rings is 2. The van der Waals surface area contributed by atoms with Gasteiger partial charge in [-0.3, -0.25) is 4.79 Å². The van der Waals surface area contributed by atoms with Crippen molar-refractivity contribution in [2.75, 3.05) is 12.4 Å². The number of amides is 1. The van der Waals surface area contributed by atoms with E-state index in [0.717, 1.165) is 18.2 Å². The number of carbonyl (C=O) groups is 1. The van der Waals surface area contributed by atoms with Gasteiger partial charge in [0.2, 0.25) is 0 Å². The van der Waals surface area contributed by atoms with Crippen molar-refractivity contribution < 1.29 is 27.1 Å². The molecule has 5 nitrogen and oxygen atoms in total. The highest BCUT2D eigenvalue weighted by Crippen LogP contribution is 2.35. The van der Waals surface area contributed by atoms with Crippen LogP contribution in [0.4, 0.5) is 18.9 Å². The fourth-order valence-electron chi connectivity index (χ4n) is 2.49. The molecule has 0 aliphatic heterocycles. The van der Waals surface area contributed by atoms with E-state index in [0.29, 0.717) is 5.75 Å². The van der Waals surface area contributed by atoms with E-state index in [4.69, 9.17) is 9.15 Å². The molecule has 1 aromatic heterocycles. The first-order chi connectivity index (χ1) is 12.3. The van der Waals surface area contributed by atoms with Crippen LogP contribution in [0.25, 0.3) is 11.0 Å². The molecule has 1 N–H and O–H groups in total. The van der Waals surface area contributed by atoms with Crippen LogP contribution in [0, 0.1) is 0 Å². The molecule has 0 bridgehead atoms. The predicted octanol–water partition coefficient (Wildman–Crippen LogP) is 4.07. The van der Waals surface area contributed by atoms with Crippen LogP contribution in [-0.4, -0.2) is 13.0 Å². The topological polar surface area (TPSA) is 68.5 Å². The summed E-state index contributed by atoms with van der Waals surface area (Å²) in [5.41, 5.74) is -2.20. The van der Waals surface area contributed by atoms with E-state index in [-0.39, 0.29) is 16.5 Å². The highest BCUT2D eigenvalue weighted by atomic mass is 19.4. The third kappa shape index (κ3) is 3.39. The van der Waals surface area contributed by atoms with Crippen LogP contribution in [-0.2, 0) is 6.18 Å². The first kappa shape index (κ1) is 17.5. The Hall–Kier alpha value is -3.29. The third-order valence-electron chi connectivity index (χ3n) is 3.68. The molecule has 3 rings (SSSR count). The molecule has 0 aliphatic rings. The van der Waals surface area contributed by atoms with E-state index in [2.05, 4.69) is 5.32 Å². The number of fused-ring (bicyclic) bond motifs is 1. The molecular weight excluding hydrogens is 351 g/mol. The van der Waals surface area contributed by atoms with Gasteiger partial charge in [0.1, 0.15) is 11.3 Å². The molecule has 8 heteroatoms. The fourth-order valence-corrected chi connectivity index (χ4v) is 2.49. The van der Waals surface area contributed by atoms with Crippen molar-refractivity contribution in [2.45, 2.75) is 6.18 Å². The SMILES string of the molecule is COc1ccc2c(C(=O)Nc3ccccc3C(F)(F)F)cc(=O)oc2c1. The summed E-state index contributed by atoms with van der Waals surface area (Å²) in [6, 6.07) is 9.96. The van der Waals surface area contributed by atoms with Crippen molar-refractivity contribution >= 4 is 22.6 Å². The van der Waals surface area contributed by atoms with Gasteiger partial charge in [0.25, 0.3) is 5.91 Å². The average Bonchev–Trinajstić information content (AvgIpc) is 2.59. The number of ether oxygens (including phenoxy) is 1. The van der Waals surface area contributed by atoms with Gasteiger partial charge in [-0.25, -0.2) is 4.79 Å². The predicted molar refractivity (Wildman–Crippen MR) is 88.4 cm³/mol. The van der Waals surface area contributed by atoms with E-state index in [1.807, 2.05) is 0 Å². The molecule has 1 amide bonds. The molecule has 0 unspecified atom stereocenters. The van der Waals surface area contributed by atoms with Crippen molar-refractivity contribution in [3.05, 3.63) is 70.1 Å². The Morgan fingerprint density at radius 3 is 2.54 bits per heavy atom. The minimum Gasteiger partial charge on any atom is -0.497 e. The average molecular weight is 363 g/mol. The number of carbonyl (C=O) groups excluding carboxylic acids is 1. The second-order valence-corrected chi connectivity index (χ2v) is 5.34. The molecule has 26 heavy (non-hydrogen) atoms. The zero-order chi connectivity index (χ0) is 18.9. The first-order valence-electron chi connectivity index (χ1n) is 7.39. The lowest BCUT2D eigenvalue weighted by Crippen LogP contribution is -2.18. The van der Waals surface area contributed by atoms with Crippen LogP contribution in [0.3, 0.4) is 0 Å². The minimum absolute atomic E-state index is 0.0890. The number of alkyl halides is 3. The first-order valence-corrected chi connectivity index (χ1v) is 7.39. The Bertz CT molecular complexity index is 1040. The summed E-state index contributed by atoms with van der Waals surface area (Å²) in [7, 11) is 1.42. The van der Waals surface area contributed by atoms with Crippen molar-refractivity contribution in [2.24, 2.45) is 0 Å². The van der Waals surface area contributed by atoms with E-state index in [1.54, 1.807) is 6.07 Å². The van der Waals surface area contributed by atoms with Crippen LogP contribution in [0.5, 0.6) is 5.75 Å². The highest BCUT2D eigenvalue weighted by molar-refractivity contribution is 6.12. The maximum Gasteiger partial charge on any atom is 0.418 e. The number of para-hydroxylation sites is 1. The van der Waals surface area contributed by atoms with Crippen LogP contribution < -0.4 is 15.7 Å². The Balaban J connectivity index is 2.06. The summed E-state index contributed by atoms with van der Waals surface area (Å²) >= 11 is 0. The molecule has 0 aliphatic carbocycles. The Morgan fingerprint density at radius 1 is 1.12 bits per heavy atom. The largest absolute Gasteiger partial charge is 0.497 e. The lowest BCUT2D eigenvalue weighted by molar-refractivity contribution is -0.136. The number of hydrogen-bond acceptors (Lipinski definition) is 4. The Labute approximate surface area is 145 Å². The number of hydrogen-bond donors (Lipinski definition) is 1. The lowest BCUT2D eigenvalue weighted by atomic mass is 10.1. The maximum absolute atomic E-state index is 13.1. The smallest absolute Gasteiger partial charge is 0.418 e. The van der Waals surface area contributed by atoms with Gasteiger partial charge in [-0.15, -0.1) is 0 Å². The summed E-state index contributed by atoms with van der Waals surface area (Å²) in [5.74, 6) is -0.453. The van der Waals surface area contributed by atoms with Crippen LogP contribution in [0.15, 0.2) is 57.7 Å². The molecule has 0 saturated carbocycles. The maximum atomic E-state index is 13.1. The number of methoxy groups -OCH3 is 1. The molecule has 134 valence electrons. The Kier molecular flexibility index (Phi) is 4.41. The van der Waals surface area contributed by atoms with Gasteiger partial charge < -0.3 is 14.5 Å². The molecule has 1 heterocycles. The third-order valence-corrected chi connectivity index (χ3v) is 3.68. The van der Waals surface area contributed by atoms with Crippen molar-refractivity contribution in [3.63, 3.8) is 0 Å². The minimum atomic E-state index is -4.63. The van der Waals surface area contributed by atoms with E-state index < -0.39 is 29.0 Å². The summed E-state index contributed by atoms with van der Waals surface area (Å²) < 4.78 is 49.3. The molecule has 0 radical (unpaired) electrons. The molecular formula is C18H12F3NO4. The Morgan fingerprint density at radius 2 is 1.85 bits per heavy atom. The van der Waals surface area contributed by atoms with Gasteiger partial charge in [-0.05, 0) is 24.3 Å². The summed E-state index contributed by atoms with van der Waals surface area (Å²) in [5, 5.41) is 2.48. The zero-order valence-corrected chi connectivity index (χ0v) is 13.4. The monoisotopic (exact) mass is 363 g/mol. The van der Waals surface area contributed by atoms with Crippen molar-refractivity contribution in [3.8, 4) is 5.75 Å². The normalized spacial score (nSPS) is 11.4. The molecule has 3 aromatic rings. The summed E-state index contributed by atoms with van der Waals surface area (Å²) in [4.78, 5) is 24.2. The van der Waals surface area contributed by atoms with Crippen LogP contribution in [0.2, 0.25) is 0 Å². The standard InChI is InChI=1S/C18H12F3NO4/c1-25-10-6-7-11-12(9-16(23)26-15(11)8-10)17(24)22-14-5-3-2-4-13(14)18(19,20)21/h2-9H,1H3,(H,22,24). The number of anilines is 1. The fraction of sp³-hybridized carbons (Fsp3) is 0.111. The molecule has 0 fully saturated rings.